The number of nitrogens with one attached hydrogen (secondary N) is 1. The summed E-state index contributed by atoms with van der Waals surface area (Å²) in [6, 6.07) is 21.6. The van der Waals surface area contributed by atoms with Gasteiger partial charge in [-0.25, -0.2) is 8.42 Å². The Hall–Kier alpha value is -2.83. The summed E-state index contributed by atoms with van der Waals surface area (Å²) in [4.78, 5) is 12.7. The third kappa shape index (κ3) is 6.11. The zero-order chi connectivity index (χ0) is 23.3. The van der Waals surface area contributed by atoms with Crippen LogP contribution in [0.2, 0.25) is 5.02 Å². The van der Waals surface area contributed by atoms with Crippen LogP contribution in [0, 0.1) is 0 Å². The van der Waals surface area contributed by atoms with Crippen molar-refractivity contribution in [1.29, 1.82) is 0 Å². The molecule has 0 saturated carbocycles. The second-order valence-corrected chi connectivity index (χ2v) is 10.1. The van der Waals surface area contributed by atoms with Crippen LogP contribution in [0.3, 0.4) is 0 Å². The number of halogens is 1. The van der Waals surface area contributed by atoms with Crippen LogP contribution in [0.25, 0.3) is 0 Å². The van der Waals surface area contributed by atoms with Gasteiger partial charge < -0.3 is 5.32 Å². The molecule has 0 bridgehead atoms. The van der Waals surface area contributed by atoms with Gasteiger partial charge in [-0.05, 0) is 66.4 Å². The Morgan fingerprint density at radius 3 is 2.03 bits per heavy atom. The number of benzene rings is 3. The Kier molecular flexibility index (Phi) is 7.59. The highest BCUT2D eigenvalue weighted by Crippen LogP contribution is 2.23. The van der Waals surface area contributed by atoms with E-state index in [1.165, 1.54) is 9.87 Å². The lowest BCUT2D eigenvalue weighted by atomic mass is 10.0. The highest BCUT2D eigenvalue weighted by Gasteiger charge is 2.19. The van der Waals surface area contributed by atoms with Crippen LogP contribution in [-0.4, -0.2) is 20.6 Å². The zero-order valence-corrected chi connectivity index (χ0v) is 20.0. The minimum Gasteiger partial charge on any atom is -0.346 e. The fourth-order valence-electron chi connectivity index (χ4n) is 3.34. The molecule has 0 spiro atoms. The van der Waals surface area contributed by atoms with Crippen LogP contribution in [0.4, 0.5) is 5.69 Å². The first-order valence-electron chi connectivity index (χ1n) is 10.4. The van der Waals surface area contributed by atoms with Crippen LogP contribution in [0.1, 0.15) is 46.9 Å². The van der Waals surface area contributed by atoms with E-state index in [1.807, 2.05) is 19.1 Å². The molecular weight excluding hydrogens is 444 g/mol. The molecule has 5 nitrogen and oxygen atoms in total. The first-order chi connectivity index (χ1) is 15.2. The van der Waals surface area contributed by atoms with Crippen molar-refractivity contribution < 1.29 is 13.2 Å². The monoisotopic (exact) mass is 470 g/mol. The van der Waals surface area contributed by atoms with Crippen LogP contribution in [0.15, 0.2) is 72.8 Å². The van der Waals surface area contributed by atoms with Gasteiger partial charge in [0.15, 0.2) is 0 Å². The molecule has 0 aliphatic rings. The van der Waals surface area contributed by atoms with E-state index >= 15 is 0 Å². The van der Waals surface area contributed by atoms with Gasteiger partial charge >= 0.3 is 0 Å². The van der Waals surface area contributed by atoms with Gasteiger partial charge in [-0.15, -0.1) is 0 Å². The molecule has 0 aliphatic heterocycles. The summed E-state index contributed by atoms with van der Waals surface area (Å²) >= 11 is 5.92. The summed E-state index contributed by atoms with van der Waals surface area (Å²) < 4.78 is 26.1. The van der Waals surface area contributed by atoms with E-state index in [9.17, 15) is 13.2 Å². The van der Waals surface area contributed by atoms with E-state index in [4.69, 9.17) is 11.6 Å². The zero-order valence-electron chi connectivity index (χ0n) is 18.4. The first-order valence-corrected chi connectivity index (χ1v) is 12.6. The quantitative estimate of drug-likeness (QED) is 0.482. The van der Waals surface area contributed by atoms with Crippen LogP contribution in [-0.2, 0) is 23.0 Å². The van der Waals surface area contributed by atoms with Crippen molar-refractivity contribution in [3.8, 4) is 0 Å². The number of amides is 1. The van der Waals surface area contributed by atoms with Gasteiger partial charge in [0.25, 0.3) is 5.91 Å². The lowest BCUT2D eigenvalue weighted by Gasteiger charge is -2.23. The summed E-state index contributed by atoms with van der Waals surface area (Å²) in [6.07, 6.45) is 2.13. The molecule has 0 saturated heterocycles. The predicted octanol–water partition coefficient (Wildman–Crippen LogP) is 5.36. The summed E-state index contributed by atoms with van der Waals surface area (Å²) in [5.41, 5.74) is 4.03. The average molecular weight is 471 g/mol. The number of aryl methyl sites for hydroxylation is 1. The van der Waals surface area contributed by atoms with E-state index in [-0.39, 0.29) is 18.5 Å². The van der Waals surface area contributed by atoms with Crippen LogP contribution >= 0.6 is 11.6 Å². The number of rotatable bonds is 8. The topological polar surface area (TPSA) is 66.5 Å². The molecule has 0 aromatic heterocycles. The van der Waals surface area contributed by atoms with Crippen molar-refractivity contribution in [3.05, 3.63) is 100 Å². The van der Waals surface area contributed by atoms with Gasteiger partial charge in [-0.1, -0.05) is 54.9 Å². The van der Waals surface area contributed by atoms with Gasteiger partial charge in [0, 0.05) is 10.6 Å². The third-order valence-corrected chi connectivity index (χ3v) is 6.69. The fourth-order valence-corrected chi connectivity index (χ4v) is 4.35. The first kappa shape index (κ1) is 23.8. The minimum absolute atomic E-state index is 0.148. The second kappa shape index (κ2) is 10.2. The standard InChI is InChI=1S/C25H27ClN2O3S/c1-4-19-5-9-21(10-6-19)18(2)27-25(29)22-11-15-24(16-12-22)28(32(3,30)31)17-20-7-13-23(26)14-8-20/h5-16,18H,4,17H2,1-3H3,(H,27,29)/t18-/m1/s1. The number of carbonyl (C=O) groups is 1. The summed E-state index contributed by atoms with van der Waals surface area (Å²) in [5, 5.41) is 3.58. The van der Waals surface area contributed by atoms with Crippen molar-refractivity contribution in [2.75, 3.05) is 10.6 Å². The highest BCUT2D eigenvalue weighted by molar-refractivity contribution is 7.92. The molecule has 3 aromatic rings. The largest absolute Gasteiger partial charge is 0.346 e. The highest BCUT2D eigenvalue weighted by atomic mass is 35.5. The molecule has 0 aliphatic carbocycles. The molecule has 3 aromatic carbocycles. The van der Waals surface area contributed by atoms with Gasteiger partial charge in [0.05, 0.1) is 24.5 Å². The van der Waals surface area contributed by atoms with Crippen molar-refractivity contribution in [2.24, 2.45) is 0 Å². The Balaban J connectivity index is 1.73. The van der Waals surface area contributed by atoms with Crippen LogP contribution < -0.4 is 9.62 Å². The molecule has 168 valence electrons. The molecule has 7 heteroatoms. The van der Waals surface area contributed by atoms with Gasteiger partial charge in [0.2, 0.25) is 10.0 Å². The van der Waals surface area contributed by atoms with Crippen molar-refractivity contribution in [3.63, 3.8) is 0 Å². The fraction of sp³-hybridized carbons (Fsp3) is 0.240. The maximum absolute atomic E-state index is 12.7. The molecule has 1 N–H and O–H groups in total. The normalized spacial score (nSPS) is 12.2. The summed E-state index contributed by atoms with van der Waals surface area (Å²) in [7, 11) is -3.52. The van der Waals surface area contributed by atoms with Crippen molar-refractivity contribution >= 4 is 33.2 Å². The lowest BCUT2D eigenvalue weighted by Crippen LogP contribution is -2.29. The lowest BCUT2D eigenvalue weighted by molar-refractivity contribution is 0.0940. The second-order valence-electron chi connectivity index (χ2n) is 7.73. The molecule has 0 heterocycles. The van der Waals surface area contributed by atoms with E-state index in [2.05, 4.69) is 24.4 Å². The molecular formula is C25H27ClN2O3S. The van der Waals surface area contributed by atoms with E-state index in [0.717, 1.165) is 23.8 Å². The van der Waals surface area contributed by atoms with Crippen molar-refractivity contribution in [2.45, 2.75) is 32.9 Å². The number of anilines is 1. The number of sulfonamides is 1. The molecule has 1 amide bonds. The SMILES string of the molecule is CCc1ccc([C@@H](C)NC(=O)c2ccc(N(Cc3ccc(Cl)cc3)S(C)(=O)=O)cc2)cc1. The molecule has 0 fully saturated rings. The summed E-state index contributed by atoms with van der Waals surface area (Å²) in [5.74, 6) is -0.216. The molecule has 0 unspecified atom stereocenters. The smallest absolute Gasteiger partial charge is 0.251 e. The number of hydrogen-bond acceptors (Lipinski definition) is 3. The number of nitrogens with zero attached hydrogens (tertiary/aromatic N) is 1. The summed E-state index contributed by atoms with van der Waals surface area (Å²) in [6.45, 7) is 4.21. The molecule has 0 radical (unpaired) electrons. The Bertz CT molecular complexity index is 1160. The number of carbonyl (C=O) groups excluding carboxylic acids is 1. The Morgan fingerprint density at radius 1 is 0.938 bits per heavy atom. The average Bonchev–Trinajstić information content (AvgIpc) is 2.78. The Morgan fingerprint density at radius 2 is 1.50 bits per heavy atom. The minimum atomic E-state index is -3.52. The van der Waals surface area contributed by atoms with Crippen molar-refractivity contribution in [1.82, 2.24) is 5.32 Å². The van der Waals surface area contributed by atoms with E-state index < -0.39 is 10.0 Å². The maximum Gasteiger partial charge on any atom is 0.251 e. The maximum atomic E-state index is 12.7. The van der Waals surface area contributed by atoms with Gasteiger partial charge in [0.1, 0.15) is 0 Å². The van der Waals surface area contributed by atoms with Gasteiger partial charge in [-0.3, -0.25) is 9.10 Å². The predicted molar refractivity (Wildman–Crippen MR) is 131 cm³/mol. The molecule has 32 heavy (non-hydrogen) atoms. The number of hydrogen-bond donors (Lipinski definition) is 1. The van der Waals surface area contributed by atoms with E-state index in [1.54, 1.807) is 48.5 Å². The third-order valence-electron chi connectivity index (χ3n) is 5.29. The van der Waals surface area contributed by atoms with Gasteiger partial charge in [-0.2, -0.15) is 0 Å². The van der Waals surface area contributed by atoms with Crippen LogP contribution in [0.5, 0.6) is 0 Å². The molecule has 3 rings (SSSR count). The Labute approximate surface area is 195 Å². The van der Waals surface area contributed by atoms with E-state index in [0.29, 0.717) is 16.3 Å². The molecule has 1 atom stereocenters.